The minimum Gasteiger partial charge on any atom is -0.493 e. The predicted molar refractivity (Wildman–Crippen MR) is 66.8 cm³/mol. The van der Waals surface area contributed by atoms with Crippen molar-refractivity contribution in [3.63, 3.8) is 0 Å². The van der Waals surface area contributed by atoms with E-state index in [4.69, 9.17) is 14.9 Å². The number of nitrogens with one attached hydrogen (secondary N) is 1. The van der Waals surface area contributed by atoms with Gasteiger partial charge in [-0.3, -0.25) is 9.59 Å². The summed E-state index contributed by atoms with van der Waals surface area (Å²) in [5.41, 5.74) is 1.16. The summed E-state index contributed by atoms with van der Waals surface area (Å²) in [6, 6.07) is 3.32. The number of hydrogen-bond acceptors (Lipinski definition) is 4. The van der Waals surface area contributed by atoms with Gasteiger partial charge in [-0.2, -0.15) is 0 Å². The molecule has 3 N–H and O–H groups in total. The van der Waals surface area contributed by atoms with E-state index in [0.717, 1.165) is 5.56 Å². The molecule has 2 rings (SSSR count). The highest BCUT2D eigenvalue weighted by Crippen LogP contribution is 2.25. The number of carboxylic acids is 2. The second-order valence-corrected chi connectivity index (χ2v) is 4.38. The standard InChI is InChI=1S/C13H13NO6/c15-11(16)6-9(13(18)19)14-12(17)8-1-2-10-7(5-8)3-4-20-10/h1-2,5,9H,3-4,6H2,(H,14,17)(H,15,16)(H,18,19)/t9-/m0/s1. The van der Waals surface area contributed by atoms with Crippen molar-refractivity contribution in [3.05, 3.63) is 29.3 Å². The van der Waals surface area contributed by atoms with Crippen LogP contribution in [0.2, 0.25) is 0 Å². The van der Waals surface area contributed by atoms with E-state index in [1.54, 1.807) is 12.1 Å². The lowest BCUT2D eigenvalue weighted by Crippen LogP contribution is -2.42. The quantitative estimate of drug-likeness (QED) is 0.713. The van der Waals surface area contributed by atoms with Crippen molar-refractivity contribution >= 4 is 17.8 Å². The molecule has 1 aromatic carbocycles. The average molecular weight is 279 g/mol. The Bertz CT molecular complexity index is 568. The number of carbonyl (C=O) groups excluding carboxylic acids is 1. The van der Waals surface area contributed by atoms with Crippen LogP contribution in [-0.2, 0) is 16.0 Å². The van der Waals surface area contributed by atoms with E-state index in [9.17, 15) is 14.4 Å². The van der Waals surface area contributed by atoms with Crippen LogP contribution >= 0.6 is 0 Å². The zero-order chi connectivity index (χ0) is 14.7. The van der Waals surface area contributed by atoms with E-state index in [1.165, 1.54) is 6.07 Å². The van der Waals surface area contributed by atoms with Gasteiger partial charge in [0.2, 0.25) is 0 Å². The normalized spacial score (nSPS) is 14.0. The lowest BCUT2D eigenvalue weighted by molar-refractivity contribution is -0.145. The van der Waals surface area contributed by atoms with E-state index < -0.39 is 30.3 Å². The number of carbonyl (C=O) groups is 3. The first-order chi connectivity index (χ1) is 9.47. The van der Waals surface area contributed by atoms with Gasteiger partial charge in [-0.05, 0) is 23.8 Å². The molecule has 0 radical (unpaired) electrons. The summed E-state index contributed by atoms with van der Waals surface area (Å²) in [5.74, 6) is -2.58. The van der Waals surface area contributed by atoms with Gasteiger partial charge in [0.05, 0.1) is 13.0 Å². The van der Waals surface area contributed by atoms with Crippen molar-refractivity contribution in [1.29, 1.82) is 0 Å². The molecule has 0 bridgehead atoms. The number of amides is 1. The Balaban J connectivity index is 2.10. The molecular weight excluding hydrogens is 266 g/mol. The smallest absolute Gasteiger partial charge is 0.326 e. The Kier molecular flexibility index (Phi) is 3.88. The summed E-state index contributed by atoms with van der Waals surface area (Å²) in [4.78, 5) is 33.4. The van der Waals surface area contributed by atoms with Gasteiger partial charge < -0.3 is 20.3 Å². The molecule has 20 heavy (non-hydrogen) atoms. The average Bonchev–Trinajstić information content (AvgIpc) is 2.84. The molecule has 0 aliphatic carbocycles. The van der Waals surface area contributed by atoms with Crippen LogP contribution in [0.25, 0.3) is 0 Å². The maximum Gasteiger partial charge on any atom is 0.326 e. The van der Waals surface area contributed by atoms with E-state index in [1.807, 2.05) is 0 Å². The van der Waals surface area contributed by atoms with E-state index >= 15 is 0 Å². The maximum atomic E-state index is 11.9. The van der Waals surface area contributed by atoms with Crippen molar-refractivity contribution < 1.29 is 29.3 Å². The number of benzene rings is 1. The zero-order valence-corrected chi connectivity index (χ0v) is 10.5. The topological polar surface area (TPSA) is 113 Å². The van der Waals surface area contributed by atoms with Gasteiger partial charge in [-0.15, -0.1) is 0 Å². The molecule has 1 heterocycles. The fourth-order valence-corrected chi connectivity index (χ4v) is 1.94. The Labute approximate surface area is 114 Å². The van der Waals surface area contributed by atoms with Gasteiger partial charge >= 0.3 is 11.9 Å². The number of rotatable bonds is 5. The van der Waals surface area contributed by atoms with Crippen molar-refractivity contribution in [2.75, 3.05) is 6.61 Å². The van der Waals surface area contributed by atoms with Crippen LogP contribution in [0.5, 0.6) is 5.75 Å². The highest BCUT2D eigenvalue weighted by Gasteiger charge is 2.24. The van der Waals surface area contributed by atoms with Crippen LogP contribution < -0.4 is 10.1 Å². The third kappa shape index (κ3) is 3.05. The Morgan fingerprint density at radius 1 is 1.30 bits per heavy atom. The fraction of sp³-hybridized carbons (Fsp3) is 0.308. The fourth-order valence-electron chi connectivity index (χ4n) is 1.94. The molecule has 1 aliphatic heterocycles. The molecule has 0 saturated heterocycles. The van der Waals surface area contributed by atoms with Crippen LogP contribution in [0.1, 0.15) is 22.3 Å². The van der Waals surface area contributed by atoms with Crippen LogP contribution in [-0.4, -0.2) is 40.7 Å². The Morgan fingerprint density at radius 2 is 2.05 bits per heavy atom. The summed E-state index contributed by atoms with van der Waals surface area (Å²) in [6.07, 6.45) is 0.0169. The van der Waals surface area contributed by atoms with Crippen molar-refractivity contribution in [2.24, 2.45) is 0 Å². The first kappa shape index (κ1) is 13.9. The highest BCUT2D eigenvalue weighted by atomic mass is 16.5. The van der Waals surface area contributed by atoms with Crippen molar-refractivity contribution in [3.8, 4) is 5.75 Å². The van der Waals surface area contributed by atoms with Crippen molar-refractivity contribution in [1.82, 2.24) is 5.32 Å². The monoisotopic (exact) mass is 279 g/mol. The number of carboxylic acid groups (broad SMARTS) is 2. The summed E-state index contributed by atoms with van der Waals surface area (Å²) in [6.45, 7) is 0.553. The van der Waals surface area contributed by atoms with Gasteiger partial charge in [0.25, 0.3) is 5.91 Å². The largest absolute Gasteiger partial charge is 0.493 e. The van der Waals surface area contributed by atoms with E-state index in [2.05, 4.69) is 5.32 Å². The molecule has 0 saturated carbocycles. The van der Waals surface area contributed by atoms with E-state index in [-0.39, 0.29) is 5.56 Å². The minimum atomic E-state index is -1.45. The van der Waals surface area contributed by atoms with Gasteiger partial charge in [0.15, 0.2) is 0 Å². The molecule has 1 atom stereocenters. The van der Waals surface area contributed by atoms with E-state index in [0.29, 0.717) is 18.8 Å². The van der Waals surface area contributed by atoms with Gasteiger partial charge in [0, 0.05) is 12.0 Å². The van der Waals surface area contributed by atoms with Crippen LogP contribution in [0.4, 0.5) is 0 Å². The molecule has 1 aromatic rings. The molecule has 1 aliphatic rings. The summed E-state index contributed by atoms with van der Waals surface area (Å²) < 4.78 is 5.30. The predicted octanol–water partition coefficient (Wildman–Crippen LogP) is 0.279. The molecule has 1 amide bonds. The number of aliphatic carboxylic acids is 2. The second kappa shape index (κ2) is 5.60. The van der Waals surface area contributed by atoms with Crippen molar-refractivity contribution in [2.45, 2.75) is 18.9 Å². The lowest BCUT2D eigenvalue weighted by atomic mass is 10.1. The molecular formula is C13H13NO6. The minimum absolute atomic E-state index is 0.283. The number of fused-ring (bicyclic) bond motifs is 1. The molecule has 7 heteroatoms. The summed E-state index contributed by atoms with van der Waals surface area (Å²) >= 11 is 0. The van der Waals surface area contributed by atoms with Gasteiger partial charge in [0.1, 0.15) is 11.8 Å². The maximum absolute atomic E-state index is 11.9. The first-order valence-corrected chi connectivity index (χ1v) is 5.98. The second-order valence-electron chi connectivity index (χ2n) is 4.38. The Morgan fingerprint density at radius 3 is 2.70 bits per heavy atom. The lowest BCUT2D eigenvalue weighted by Gasteiger charge is -2.12. The Hall–Kier alpha value is -2.57. The van der Waals surface area contributed by atoms with Crippen LogP contribution in [0, 0.1) is 0 Å². The molecule has 0 spiro atoms. The third-order valence-electron chi connectivity index (χ3n) is 2.93. The van der Waals surface area contributed by atoms with Gasteiger partial charge in [-0.25, -0.2) is 4.79 Å². The molecule has 7 nitrogen and oxygen atoms in total. The molecule has 0 fully saturated rings. The SMILES string of the molecule is O=C(O)C[C@H](NC(=O)c1ccc2c(c1)CCO2)C(=O)O. The third-order valence-corrected chi connectivity index (χ3v) is 2.93. The highest BCUT2D eigenvalue weighted by molar-refractivity contribution is 5.97. The molecule has 0 aromatic heterocycles. The van der Waals surface area contributed by atoms with Crippen LogP contribution in [0.3, 0.4) is 0 Å². The number of hydrogen-bond donors (Lipinski definition) is 3. The summed E-state index contributed by atoms with van der Waals surface area (Å²) in [5, 5.41) is 19.7. The molecule has 106 valence electrons. The molecule has 0 unspecified atom stereocenters. The first-order valence-electron chi connectivity index (χ1n) is 5.98. The number of ether oxygens (including phenoxy) is 1. The van der Waals surface area contributed by atoms with Gasteiger partial charge in [-0.1, -0.05) is 0 Å². The van der Waals surface area contributed by atoms with Crippen LogP contribution in [0.15, 0.2) is 18.2 Å². The zero-order valence-electron chi connectivity index (χ0n) is 10.5. The summed E-state index contributed by atoms with van der Waals surface area (Å²) in [7, 11) is 0.